The van der Waals surface area contributed by atoms with Gasteiger partial charge in [-0.2, -0.15) is 0 Å². The lowest BCUT2D eigenvalue weighted by atomic mass is 10.2. The van der Waals surface area contributed by atoms with Gasteiger partial charge in [-0.25, -0.2) is 4.98 Å². The van der Waals surface area contributed by atoms with Gasteiger partial charge in [0.15, 0.2) is 0 Å². The number of amides is 1. The summed E-state index contributed by atoms with van der Waals surface area (Å²) in [4.78, 5) is 16.9. The van der Waals surface area contributed by atoms with Gasteiger partial charge in [0, 0.05) is 20.3 Å². The first kappa shape index (κ1) is 9.51. The zero-order chi connectivity index (χ0) is 10.0. The second kappa shape index (κ2) is 3.43. The summed E-state index contributed by atoms with van der Waals surface area (Å²) in [7, 11) is 3.37. The molecular weight excluding hydrogens is 166 g/mol. The number of carbonyl (C=O) groups is 1. The molecule has 0 aliphatic carbocycles. The van der Waals surface area contributed by atoms with Crippen LogP contribution in [-0.4, -0.2) is 29.9 Å². The molecule has 0 aliphatic heterocycles. The van der Waals surface area contributed by atoms with E-state index in [0.717, 1.165) is 5.56 Å². The topological polar surface area (TPSA) is 59.2 Å². The van der Waals surface area contributed by atoms with Crippen LogP contribution in [0.5, 0.6) is 0 Å². The molecule has 1 aromatic heterocycles. The van der Waals surface area contributed by atoms with E-state index in [2.05, 4.69) is 4.98 Å². The van der Waals surface area contributed by atoms with Crippen LogP contribution < -0.4 is 5.73 Å². The van der Waals surface area contributed by atoms with Gasteiger partial charge >= 0.3 is 0 Å². The number of hydrogen-bond acceptors (Lipinski definition) is 3. The van der Waals surface area contributed by atoms with Gasteiger partial charge in [0.2, 0.25) is 0 Å². The lowest BCUT2D eigenvalue weighted by Gasteiger charge is -2.11. The van der Waals surface area contributed by atoms with Crippen molar-refractivity contribution in [1.82, 2.24) is 9.88 Å². The highest BCUT2D eigenvalue weighted by Crippen LogP contribution is 2.11. The molecule has 0 spiro atoms. The summed E-state index contributed by atoms with van der Waals surface area (Å²) in [6.45, 7) is 1.87. The molecule has 0 unspecified atom stereocenters. The minimum absolute atomic E-state index is 0.117. The number of pyridine rings is 1. The molecule has 1 rings (SSSR count). The summed E-state index contributed by atoms with van der Waals surface area (Å²) in [5, 5.41) is 0. The first-order valence-electron chi connectivity index (χ1n) is 3.96. The predicted octanol–water partition coefficient (Wildman–Crippen LogP) is 0.674. The van der Waals surface area contributed by atoms with Crippen LogP contribution in [-0.2, 0) is 0 Å². The van der Waals surface area contributed by atoms with Crippen molar-refractivity contribution < 1.29 is 4.79 Å². The van der Waals surface area contributed by atoms with E-state index >= 15 is 0 Å². The van der Waals surface area contributed by atoms with Crippen molar-refractivity contribution in [1.29, 1.82) is 0 Å². The Bertz CT molecular complexity index is 334. The Morgan fingerprint density at radius 3 is 2.69 bits per heavy atom. The first-order valence-corrected chi connectivity index (χ1v) is 3.96. The Morgan fingerprint density at radius 2 is 2.15 bits per heavy atom. The Hall–Kier alpha value is -1.58. The van der Waals surface area contributed by atoms with E-state index in [0.29, 0.717) is 5.56 Å². The number of aryl methyl sites for hydroxylation is 1. The minimum atomic E-state index is -0.117. The Kier molecular flexibility index (Phi) is 2.51. The van der Waals surface area contributed by atoms with Crippen molar-refractivity contribution >= 4 is 11.7 Å². The smallest absolute Gasteiger partial charge is 0.257 e. The van der Waals surface area contributed by atoms with E-state index in [1.165, 1.54) is 4.90 Å². The Labute approximate surface area is 77.4 Å². The molecule has 1 aromatic rings. The summed E-state index contributed by atoms with van der Waals surface area (Å²) >= 11 is 0. The van der Waals surface area contributed by atoms with Gasteiger partial charge in [-0.1, -0.05) is 0 Å². The van der Waals surface area contributed by atoms with E-state index in [1.807, 2.05) is 6.92 Å². The summed E-state index contributed by atoms with van der Waals surface area (Å²) in [5.74, 6) is 0.165. The number of anilines is 1. The highest BCUT2D eigenvalue weighted by molar-refractivity contribution is 5.98. The van der Waals surface area contributed by atoms with Gasteiger partial charge in [0.1, 0.15) is 5.82 Å². The van der Waals surface area contributed by atoms with Crippen LogP contribution in [0.3, 0.4) is 0 Å². The molecule has 0 saturated carbocycles. The Balaban J connectivity index is 3.13. The second-order valence-corrected chi connectivity index (χ2v) is 3.15. The van der Waals surface area contributed by atoms with Crippen molar-refractivity contribution in [3.63, 3.8) is 0 Å². The number of carbonyl (C=O) groups excluding carboxylic acids is 1. The number of hydrogen-bond donors (Lipinski definition) is 1. The average Bonchev–Trinajstić information content (AvgIpc) is 2.08. The van der Waals surface area contributed by atoms with E-state index in [-0.39, 0.29) is 11.7 Å². The fraction of sp³-hybridized carbons (Fsp3) is 0.333. The third-order valence-electron chi connectivity index (χ3n) is 1.69. The monoisotopic (exact) mass is 179 g/mol. The third-order valence-corrected chi connectivity index (χ3v) is 1.69. The summed E-state index contributed by atoms with van der Waals surface area (Å²) in [5.41, 5.74) is 6.96. The summed E-state index contributed by atoms with van der Waals surface area (Å²) in [6.07, 6.45) is 1.64. The standard InChI is InChI=1S/C9H13N3O/c1-6-4-7(8(10)11-5-6)9(13)12(2)3/h4-5H,1-3H3,(H2,10,11). The van der Waals surface area contributed by atoms with Gasteiger partial charge in [-0.05, 0) is 18.6 Å². The van der Waals surface area contributed by atoms with Crippen LogP contribution in [0.1, 0.15) is 15.9 Å². The maximum Gasteiger partial charge on any atom is 0.257 e. The van der Waals surface area contributed by atoms with E-state index in [1.54, 1.807) is 26.4 Å². The van der Waals surface area contributed by atoms with Crippen molar-refractivity contribution in [3.05, 3.63) is 23.4 Å². The van der Waals surface area contributed by atoms with Crippen molar-refractivity contribution in [2.45, 2.75) is 6.92 Å². The largest absolute Gasteiger partial charge is 0.383 e. The molecule has 4 nitrogen and oxygen atoms in total. The molecule has 2 N–H and O–H groups in total. The lowest BCUT2D eigenvalue weighted by Crippen LogP contribution is -2.23. The molecule has 0 bridgehead atoms. The van der Waals surface area contributed by atoms with Crippen LogP contribution in [0.2, 0.25) is 0 Å². The van der Waals surface area contributed by atoms with Gasteiger partial charge < -0.3 is 10.6 Å². The minimum Gasteiger partial charge on any atom is -0.383 e. The summed E-state index contributed by atoms with van der Waals surface area (Å²) < 4.78 is 0. The van der Waals surface area contributed by atoms with Crippen LogP contribution in [0.4, 0.5) is 5.82 Å². The molecule has 4 heteroatoms. The fourth-order valence-corrected chi connectivity index (χ4v) is 0.992. The van der Waals surface area contributed by atoms with Gasteiger partial charge in [-0.15, -0.1) is 0 Å². The number of nitrogen functional groups attached to an aromatic ring is 1. The van der Waals surface area contributed by atoms with Gasteiger partial charge in [-0.3, -0.25) is 4.79 Å². The molecule has 70 valence electrons. The molecular formula is C9H13N3O. The van der Waals surface area contributed by atoms with Gasteiger partial charge in [0.25, 0.3) is 5.91 Å². The summed E-state index contributed by atoms with van der Waals surface area (Å²) in [6, 6.07) is 1.74. The van der Waals surface area contributed by atoms with E-state index < -0.39 is 0 Å². The van der Waals surface area contributed by atoms with Crippen LogP contribution in [0.15, 0.2) is 12.3 Å². The normalized spacial score (nSPS) is 9.77. The average molecular weight is 179 g/mol. The van der Waals surface area contributed by atoms with Crippen molar-refractivity contribution in [2.75, 3.05) is 19.8 Å². The van der Waals surface area contributed by atoms with Crippen molar-refractivity contribution in [3.8, 4) is 0 Å². The van der Waals surface area contributed by atoms with Gasteiger partial charge in [0.05, 0.1) is 5.56 Å². The molecule has 1 heterocycles. The predicted molar refractivity (Wildman–Crippen MR) is 51.4 cm³/mol. The molecule has 0 saturated heterocycles. The molecule has 0 fully saturated rings. The quantitative estimate of drug-likeness (QED) is 0.689. The maximum atomic E-state index is 11.5. The molecule has 0 aliphatic rings. The highest BCUT2D eigenvalue weighted by Gasteiger charge is 2.12. The Morgan fingerprint density at radius 1 is 1.54 bits per heavy atom. The number of nitrogens with zero attached hydrogens (tertiary/aromatic N) is 2. The second-order valence-electron chi connectivity index (χ2n) is 3.15. The number of rotatable bonds is 1. The fourth-order valence-electron chi connectivity index (χ4n) is 0.992. The number of aromatic nitrogens is 1. The zero-order valence-electron chi connectivity index (χ0n) is 8.03. The molecule has 13 heavy (non-hydrogen) atoms. The van der Waals surface area contributed by atoms with E-state index in [9.17, 15) is 4.79 Å². The van der Waals surface area contributed by atoms with Crippen LogP contribution >= 0.6 is 0 Å². The van der Waals surface area contributed by atoms with Crippen molar-refractivity contribution in [2.24, 2.45) is 0 Å². The van der Waals surface area contributed by atoms with Crippen LogP contribution in [0.25, 0.3) is 0 Å². The zero-order valence-corrected chi connectivity index (χ0v) is 8.03. The molecule has 0 radical (unpaired) electrons. The molecule has 1 amide bonds. The van der Waals surface area contributed by atoms with Crippen LogP contribution in [0, 0.1) is 6.92 Å². The first-order chi connectivity index (χ1) is 6.02. The highest BCUT2D eigenvalue weighted by atomic mass is 16.2. The molecule has 0 atom stereocenters. The lowest BCUT2D eigenvalue weighted by molar-refractivity contribution is 0.0828. The maximum absolute atomic E-state index is 11.5. The molecule has 0 aromatic carbocycles. The third kappa shape index (κ3) is 1.96. The number of nitrogens with two attached hydrogens (primary N) is 1. The van der Waals surface area contributed by atoms with E-state index in [4.69, 9.17) is 5.73 Å². The SMILES string of the molecule is Cc1cnc(N)c(C(=O)N(C)C)c1.